The van der Waals surface area contributed by atoms with Crippen LogP contribution in [0.5, 0.6) is 5.75 Å². The molecule has 2 saturated heterocycles. The SMILES string of the molecule is CCn1c(=O)n(CC)c2cc(C(=O)N3CCC4(CCCCOC[C@@H]5CCCN5C(=O)c5cccc(c5)OC4)CC3)ccc21. The van der Waals surface area contributed by atoms with E-state index < -0.39 is 0 Å². The van der Waals surface area contributed by atoms with E-state index in [0.717, 1.165) is 68.3 Å². The largest absolute Gasteiger partial charge is 0.493 e. The van der Waals surface area contributed by atoms with Crippen LogP contribution in [-0.2, 0) is 17.8 Å². The molecular weight excluding hydrogens is 544 g/mol. The van der Waals surface area contributed by atoms with Crippen molar-refractivity contribution in [3.05, 3.63) is 64.1 Å². The van der Waals surface area contributed by atoms with Crippen molar-refractivity contribution >= 4 is 22.8 Å². The minimum Gasteiger partial charge on any atom is -0.493 e. The lowest BCUT2D eigenvalue weighted by atomic mass is 9.75. The molecule has 6 rings (SSSR count). The second-order valence-electron chi connectivity index (χ2n) is 12.4. The number of hydrogen-bond acceptors (Lipinski definition) is 5. The van der Waals surface area contributed by atoms with Crippen molar-refractivity contribution < 1.29 is 19.1 Å². The van der Waals surface area contributed by atoms with Crippen LogP contribution in [0.2, 0.25) is 0 Å². The van der Waals surface area contributed by atoms with Gasteiger partial charge < -0.3 is 19.3 Å². The van der Waals surface area contributed by atoms with Crippen molar-refractivity contribution in [3.63, 3.8) is 0 Å². The van der Waals surface area contributed by atoms with Gasteiger partial charge in [-0.25, -0.2) is 4.79 Å². The first-order valence-electron chi connectivity index (χ1n) is 16.1. The van der Waals surface area contributed by atoms with Gasteiger partial charge in [0, 0.05) is 55.9 Å². The van der Waals surface area contributed by atoms with Gasteiger partial charge in [-0.1, -0.05) is 12.5 Å². The molecule has 0 aliphatic carbocycles. The summed E-state index contributed by atoms with van der Waals surface area (Å²) < 4.78 is 16.0. The number of nitrogens with zero attached hydrogens (tertiary/aromatic N) is 4. The Morgan fingerprint density at radius 1 is 0.907 bits per heavy atom. The number of benzene rings is 2. The molecule has 3 aliphatic heterocycles. The third kappa shape index (κ3) is 5.84. The number of fused-ring (bicyclic) bond motifs is 4. The maximum Gasteiger partial charge on any atom is 0.329 e. The van der Waals surface area contributed by atoms with Crippen molar-refractivity contribution in [2.45, 2.75) is 77.9 Å². The molecule has 1 aromatic heterocycles. The fourth-order valence-electron chi connectivity index (χ4n) is 7.22. The molecular formula is C34H44N4O5. The molecule has 0 radical (unpaired) electrons. The van der Waals surface area contributed by atoms with E-state index in [1.54, 1.807) is 9.13 Å². The molecule has 2 fully saturated rings. The number of likely N-dealkylation sites (tertiary alicyclic amines) is 1. The van der Waals surface area contributed by atoms with Crippen LogP contribution in [0, 0.1) is 5.41 Å². The number of aryl methyl sites for hydroxylation is 2. The zero-order valence-electron chi connectivity index (χ0n) is 25.6. The van der Waals surface area contributed by atoms with Gasteiger partial charge in [0.2, 0.25) is 0 Å². The molecule has 1 atom stereocenters. The van der Waals surface area contributed by atoms with Gasteiger partial charge in [0.15, 0.2) is 0 Å². The van der Waals surface area contributed by atoms with Gasteiger partial charge in [0.25, 0.3) is 11.8 Å². The van der Waals surface area contributed by atoms with Crippen LogP contribution in [0.1, 0.15) is 79.5 Å². The molecule has 230 valence electrons. The first-order valence-corrected chi connectivity index (χ1v) is 16.1. The van der Waals surface area contributed by atoms with Crippen LogP contribution in [0.3, 0.4) is 0 Å². The summed E-state index contributed by atoms with van der Waals surface area (Å²) >= 11 is 0. The maximum atomic E-state index is 13.7. The average Bonchev–Trinajstić information content (AvgIpc) is 3.61. The number of piperidine rings is 1. The molecule has 9 heteroatoms. The van der Waals surface area contributed by atoms with E-state index >= 15 is 0 Å². The number of ether oxygens (including phenoxy) is 2. The summed E-state index contributed by atoms with van der Waals surface area (Å²) in [6.45, 7) is 9.00. The smallest absolute Gasteiger partial charge is 0.329 e. The molecule has 2 bridgehead atoms. The van der Waals surface area contributed by atoms with Crippen LogP contribution in [-0.4, -0.2) is 76.2 Å². The Balaban J connectivity index is 1.17. The second-order valence-corrected chi connectivity index (χ2v) is 12.4. The fraction of sp³-hybridized carbons (Fsp3) is 0.559. The topological polar surface area (TPSA) is 86.0 Å². The van der Waals surface area contributed by atoms with E-state index in [1.165, 1.54) is 0 Å². The summed E-state index contributed by atoms with van der Waals surface area (Å²) in [7, 11) is 0. The summed E-state index contributed by atoms with van der Waals surface area (Å²) in [5.41, 5.74) is 2.88. The number of rotatable bonds is 3. The number of carbonyl (C=O) groups excluding carboxylic acids is 2. The summed E-state index contributed by atoms with van der Waals surface area (Å²) in [6, 6.07) is 13.4. The molecule has 3 aromatic rings. The van der Waals surface area contributed by atoms with Crippen LogP contribution in [0.15, 0.2) is 47.3 Å². The summed E-state index contributed by atoms with van der Waals surface area (Å²) in [5.74, 6) is 0.780. The third-order valence-electron chi connectivity index (χ3n) is 9.83. The summed E-state index contributed by atoms with van der Waals surface area (Å²) in [4.78, 5) is 43.7. The molecule has 2 amide bonds. The van der Waals surface area contributed by atoms with Crippen molar-refractivity contribution in [2.75, 3.05) is 39.5 Å². The van der Waals surface area contributed by atoms with E-state index in [4.69, 9.17) is 9.47 Å². The molecule has 43 heavy (non-hydrogen) atoms. The van der Waals surface area contributed by atoms with Gasteiger partial charge in [-0.05, 0) is 88.8 Å². The molecule has 0 saturated carbocycles. The quantitative estimate of drug-likeness (QED) is 0.432. The highest BCUT2D eigenvalue weighted by Gasteiger charge is 2.37. The number of carbonyl (C=O) groups is 2. The minimum absolute atomic E-state index is 0.00863. The lowest BCUT2D eigenvalue weighted by Crippen LogP contribution is -2.45. The van der Waals surface area contributed by atoms with Gasteiger partial charge in [-0.2, -0.15) is 0 Å². The summed E-state index contributed by atoms with van der Waals surface area (Å²) in [6.07, 6.45) is 6.70. The monoisotopic (exact) mass is 588 g/mol. The molecule has 9 nitrogen and oxygen atoms in total. The highest BCUT2D eigenvalue weighted by Crippen LogP contribution is 2.38. The number of hydrogen-bond donors (Lipinski definition) is 0. The van der Waals surface area contributed by atoms with E-state index in [1.807, 2.05) is 66.1 Å². The lowest BCUT2D eigenvalue weighted by molar-refractivity contribution is 0.0332. The Kier molecular flexibility index (Phi) is 8.61. The third-order valence-corrected chi connectivity index (χ3v) is 9.83. The Morgan fingerprint density at radius 2 is 1.70 bits per heavy atom. The first-order chi connectivity index (χ1) is 20.9. The predicted molar refractivity (Wildman–Crippen MR) is 166 cm³/mol. The van der Waals surface area contributed by atoms with Gasteiger partial charge in [0.05, 0.1) is 30.3 Å². The van der Waals surface area contributed by atoms with Crippen LogP contribution < -0.4 is 10.4 Å². The first kappa shape index (κ1) is 29.5. The highest BCUT2D eigenvalue weighted by atomic mass is 16.5. The molecule has 2 aromatic carbocycles. The molecule has 0 unspecified atom stereocenters. The standard InChI is InChI=1S/C34H44N4O5/c1-3-36-29-13-12-26(22-30(29)37(4-2)33(36)41)31(39)35-18-15-34(16-19-35)14-5-6-20-42-23-27-10-8-17-38(27)32(40)25-9-7-11-28(21-25)43-24-34/h7,9,11-13,21-22,27H,3-6,8,10,14-20,23-24H2,1-2H3/t27-/m0/s1. The zero-order valence-corrected chi connectivity index (χ0v) is 25.6. The van der Waals surface area contributed by atoms with Gasteiger partial charge in [-0.3, -0.25) is 18.7 Å². The number of imidazole rings is 1. The Labute approximate surface area is 253 Å². The summed E-state index contributed by atoms with van der Waals surface area (Å²) in [5, 5.41) is 0. The van der Waals surface area contributed by atoms with Gasteiger partial charge in [-0.15, -0.1) is 0 Å². The van der Waals surface area contributed by atoms with Crippen LogP contribution >= 0.6 is 0 Å². The highest BCUT2D eigenvalue weighted by molar-refractivity contribution is 5.97. The van der Waals surface area contributed by atoms with Crippen LogP contribution in [0.4, 0.5) is 0 Å². The normalized spacial score (nSPS) is 21.3. The van der Waals surface area contributed by atoms with Crippen molar-refractivity contribution in [1.29, 1.82) is 0 Å². The maximum absolute atomic E-state index is 13.7. The second kappa shape index (κ2) is 12.6. The van der Waals surface area contributed by atoms with Gasteiger partial charge in [0.1, 0.15) is 5.75 Å². The lowest BCUT2D eigenvalue weighted by Gasteiger charge is -2.42. The Bertz CT molecular complexity index is 1530. The van der Waals surface area contributed by atoms with E-state index in [0.29, 0.717) is 57.1 Å². The van der Waals surface area contributed by atoms with E-state index in [9.17, 15) is 14.4 Å². The van der Waals surface area contributed by atoms with E-state index in [2.05, 4.69) is 0 Å². The predicted octanol–water partition coefficient (Wildman–Crippen LogP) is 4.95. The van der Waals surface area contributed by atoms with Crippen molar-refractivity contribution in [3.8, 4) is 5.75 Å². The van der Waals surface area contributed by atoms with Crippen molar-refractivity contribution in [2.24, 2.45) is 5.41 Å². The molecule has 4 heterocycles. The van der Waals surface area contributed by atoms with Crippen molar-refractivity contribution in [1.82, 2.24) is 18.9 Å². The zero-order chi connectivity index (χ0) is 30.0. The van der Waals surface area contributed by atoms with E-state index in [-0.39, 0.29) is 29.0 Å². The number of amides is 2. The minimum atomic E-state index is -0.0536. The molecule has 3 aliphatic rings. The fourth-order valence-corrected chi connectivity index (χ4v) is 7.22. The molecule has 1 spiro atoms. The Morgan fingerprint density at radius 3 is 2.49 bits per heavy atom. The number of aromatic nitrogens is 2. The average molecular weight is 589 g/mol. The Hall–Kier alpha value is -3.59. The van der Waals surface area contributed by atoms with Gasteiger partial charge >= 0.3 is 5.69 Å². The molecule has 0 N–H and O–H groups in total. The van der Waals surface area contributed by atoms with Crippen LogP contribution in [0.25, 0.3) is 11.0 Å².